The van der Waals surface area contributed by atoms with E-state index < -0.39 is 0 Å². The van der Waals surface area contributed by atoms with Gasteiger partial charge in [-0.3, -0.25) is 4.79 Å². The minimum atomic E-state index is -0.271. The summed E-state index contributed by atoms with van der Waals surface area (Å²) in [4.78, 5) is 13.3. The summed E-state index contributed by atoms with van der Waals surface area (Å²) >= 11 is 0. The summed E-state index contributed by atoms with van der Waals surface area (Å²) in [5, 5.41) is 10.2. The molecule has 0 aromatic heterocycles. The highest BCUT2D eigenvalue weighted by molar-refractivity contribution is 6.07. The normalized spacial score (nSPS) is 40.7. The van der Waals surface area contributed by atoms with Crippen LogP contribution in [-0.4, -0.2) is 17.0 Å². The Balaban J connectivity index is 1.62. The maximum absolute atomic E-state index is 13.3. The van der Waals surface area contributed by atoms with Crippen molar-refractivity contribution in [1.82, 2.24) is 0 Å². The van der Waals surface area contributed by atoms with E-state index in [4.69, 9.17) is 0 Å². The largest absolute Gasteiger partial charge is 0.393 e. The van der Waals surface area contributed by atoms with Crippen molar-refractivity contribution in [2.75, 3.05) is 0 Å². The first-order valence-electron chi connectivity index (χ1n) is 12.0. The molecule has 2 unspecified atom stereocenters. The van der Waals surface area contributed by atoms with E-state index in [0.29, 0.717) is 30.1 Å². The molecule has 6 atom stereocenters. The van der Waals surface area contributed by atoms with Crippen LogP contribution in [0.3, 0.4) is 0 Å². The van der Waals surface area contributed by atoms with Crippen molar-refractivity contribution in [2.45, 2.75) is 92.1 Å². The fourth-order valence-electron chi connectivity index (χ4n) is 7.29. The van der Waals surface area contributed by atoms with Gasteiger partial charge in [-0.2, -0.15) is 0 Å². The van der Waals surface area contributed by atoms with Crippen molar-refractivity contribution >= 4 is 5.78 Å². The third kappa shape index (κ3) is 3.40. The van der Waals surface area contributed by atoms with E-state index >= 15 is 0 Å². The third-order valence-corrected chi connectivity index (χ3v) is 9.06. The first kappa shape index (κ1) is 21.1. The molecule has 0 saturated heterocycles. The van der Waals surface area contributed by atoms with Gasteiger partial charge in [0.2, 0.25) is 0 Å². The number of ketones is 1. The summed E-state index contributed by atoms with van der Waals surface area (Å²) in [6, 6.07) is 0. The maximum atomic E-state index is 13.3. The Labute approximate surface area is 177 Å². The molecule has 0 aromatic rings. The summed E-state index contributed by atoms with van der Waals surface area (Å²) in [5.41, 5.74) is 4.08. The summed E-state index contributed by atoms with van der Waals surface area (Å²) in [6.07, 6.45) is 14.9. The van der Waals surface area contributed by atoms with E-state index in [1.165, 1.54) is 29.6 Å². The maximum Gasteiger partial charge on any atom is 0.182 e. The van der Waals surface area contributed by atoms with Crippen molar-refractivity contribution in [3.63, 3.8) is 0 Å². The molecule has 4 rings (SSSR count). The van der Waals surface area contributed by atoms with E-state index in [1.807, 2.05) is 6.08 Å². The van der Waals surface area contributed by atoms with Crippen molar-refractivity contribution < 1.29 is 9.90 Å². The molecule has 29 heavy (non-hydrogen) atoms. The van der Waals surface area contributed by atoms with Crippen LogP contribution < -0.4 is 0 Å². The molecule has 0 aromatic carbocycles. The lowest BCUT2D eigenvalue weighted by Crippen LogP contribution is -2.44. The number of aliphatic hydroxyl groups is 1. The SMILES string of the molecule is CC(C)C/C=C/C(C)[C@H]1CCC2C3=C(CC[C@@]21C)[C@@]1(C)CC[C@H](O)CC1=CC3=O. The van der Waals surface area contributed by atoms with E-state index in [0.717, 1.165) is 32.1 Å². The lowest BCUT2D eigenvalue weighted by Gasteiger charge is -2.51. The van der Waals surface area contributed by atoms with E-state index in [9.17, 15) is 9.90 Å². The van der Waals surface area contributed by atoms with Crippen LogP contribution in [0.1, 0.15) is 86.0 Å². The van der Waals surface area contributed by atoms with Gasteiger partial charge >= 0.3 is 0 Å². The van der Waals surface area contributed by atoms with Crippen LogP contribution >= 0.6 is 0 Å². The van der Waals surface area contributed by atoms with Gasteiger partial charge in [0.15, 0.2) is 5.78 Å². The number of carbonyl (C=O) groups is 1. The Bertz CT molecular complexity index is 769. The Hall–Kier alpha value is -1.15. The fraction of sp³-hybridized carbons (Fsp3) is 0.741. The third-order valence-electron chi connectivity index (χ3n) is 9.06. The molecule has 0 aliphatic heterocycles. The van der Waals surface area contributed by atoms with Gasteiger partial charge in [-0.05, 0) is 86.5 Å². The molecule has 0 radical (unpaired) electrons. The lowest BCUT2D eigenvalue weighted by molar-refractivity contribution is -0.113. The molecule has 0 amide bonds. The highest BCUT2D eigenvalue weighted by Gasteiger charge is 2.56. The molecule has 1 N–H and O–H groups in total. The van der Waals surface area contributed by atoms with Gasteiger partial charge in [0.1, 0.15) is 0 Å². The second-order valence-corrected chi connectivity index (χ2v) is 11.3. The van der Waals surface area contributed by atoms with Gasteiger partial charge in [0.25, 0.3) is 0 Å². The highest BCUT2D eigenvalue weighted by Crippen LogP contribution is 2.64. The molecule has 4 aliphatic rings. The number of hydrogen-bond acceptors (Lipinski definition) is 2. The lowest BCUT2D eigenvalue weighted by atomic mass is 9.53. The quantitative estimate of drug-likeness (QED) is 0.558. The predicted octanol–water partition coefficient (Wildman–Crippen LogP) is 6.41. The predicted molar refractivity (Wildman–Crippen MR) is 119 cm³/mol. The minimum Gasteiger partial charge on any atom is -0.393 e. The van der Waals surface area contributed by atoms with Crippen molar-refractivity contribution in [2.24, 2.45) is 34.5 Å². The highest BCUT2D eigenvalue weighted by atomic mass is 16.3. The molecular formula is C27H40O2. The van der Waals surface area contributed by atoms with Gasteiger partial charge in [0, 0.05) is 11.0 Å². The molecule has 2 heteroatoms. The van der Waals surface area contributed by atoms with Crippen LogP contribution in [0.25, 0.3) is 0 Å². The number of carbonyl (C=O) groups excluding carboxylic acids is 1. The number of aliphatic hydroxyl groups excluding tert-OH is 1. The molecule has 2 nitrogen and oxygen atoms in total. The smallest absolute Gasteiger partial charge is 0.182 e. The number of allylic oxidation sites excluding steroid dienone is 5. The summed E-state index contributed by atoms with van der Waals surface area (Å²) < 4.78 is 0. The molecular weight excluding hydrogens is 356 g/mol. The summed E-state index contributed by atoms with van der Waals surface area (Å²) in [5.74, 6) is 2.65. The van der Waals surface area contributed by atoms with Gasteiger partial charge in [-0.25, -0.2) is 0 Å². The van der Waals surface area contributed by atoms with Crippen LogP contribution in [0.15, 0.2) is 34.9 Å². The van der Waals surface area contributed by atoms with Gasteiger partial charge in [-0.1, -0.05) is 57.9 Å². The van der Waals surface area contributed by atoms with Gasteiger partial charge in [-0.15, -0.1) is 0 Å². The Kier molecular flexibility index (Phi) is 5.47. The van der Waals surface area contributed by atoms with Gasteiger partial charge < -0.3 is 5.11 Å². The van der Waals surface area contributed by atoms with Crippen molar-refractivity contribution in [3.05, 3.63) is 34.9 Å². The average Bonchev–Trinajstić information content (AvgIpc) is 3.00. The van der Waals surface area contributed by atoms with Crippen LogP contribution in [0.2, 0.25) is 0 Å². The fourth-order valence-corrected chi connectivity index (χ4v) is 7.29. The van der Waals surface area contributed by atoms with Crippen molar-refractivity contribution in [1.29, 1.82) is 0 Å². The van der Waals surface area contributed by atoms with Crippen LogP contribution in [-0.2, 0) is 4.79 Å². The Morgan fingerprint density at radius 1 is 1.17 bits per heavy atom. The van der Waals surface area contributed by atoms with E-state index in [2.05, 4.69) is 46.8 Å². The van der Waals surface area contributed by atoms with E-state index in [-0.39, 0.29) is 22.7 Å². The number of fused-ring (bicyclic) bond motifs is 4. The van der Waals surface area contributed by atoms with E-state index in [1.54, 1.807) is 0 Å². The molecule has 2 saturated carbocycles. The zero-order valence-corrected chi connectivity index (χ0v) is 19.1. The van der Waals surface area contributed by atoms with Crippen LogP contribution in [0.5, 0.6) is 0 Å². The number of hydrogen-bond donors (Lipinski definition) is 1. The minimum absolute atomic E-state index is 0.0185. The summed E-state index contributed by atoms with van der Waals surface area (Å²) in [7, 11) is 0. The topological polar surface area (TPSA) is 37.3 Å². The molecule has 0 heterocycles. The standard InChI is InChI=1S/C27H40O2/c1-17(2)7-6-8-18(3)21-9-10-22-25-23(12-14-27(21,22)5)26(4)13-11-20(28)15-19(26)16-24(25)29/h6,8,16-18,20-22,28H,7,9-15H2,1-5H3/b8-6+/t18?,20-,21+,22?,26-,27+/m0/s1. The monoisotopic (exact) mass is 396 g/mol. The molecule has 0 bridgehead atoms. The second kappa shape index (κ2) is 7.52. The molecule has 4 aliphatic carbocycles. The second-order valence-electron chi connectivity index (χ2n) is 11.3. The van der Waals surface area contributed by atoms with Crippen LogP contribution in [0.4, 0.5) is 0 Å². The summed E-state index contributed by atoms with van der Waals surface area (Å²) in [6.45, 7) is 11.8. The Morgan fingerprint density at radius 2 is 1.93 bits per heavy atom. The Morgan fingerprint density at radius 3 is 2.66 bits per heavy atom. The average molecular weight is 397 g/mol. The van der Waals surface area contributed by atoms with Crippen molar-refractivity contribution in [3.8, 4) is 0 Å². The molecule has 160 valence electrons. The molecule has 2 fully saturated rings. The zero-order chi connectivity index (χ0) is 21.0. The first-order valence-corrected chi connectivity index (χ1v) is 12.0. The van der Waals surface area contributed by atoms with Gasteiger partial charge in [0.05, 0.1) is 6.10 Å². The number of rotatable bonds is 4. The first-order chi connectivity index (χ1) is 13.7. The van der Waals surface area contributed by atoms with Crippen LogP contribution in [0, 0.1) is 34.5 Å². The zero-order valence-electron chi connectivity index (χ0n) is 19.1. The molecule has 0 spiro atoms.